The molecule has 0 aliphatic heterocycles. The van der Waals surface area contributed by atoms with Crippen LogP contribution in [0.3, 0.4) is 0 Å². The van der Waals surface area contributed by atoms with Gasteiger partial charge in [-0.05, 0) is 25.5 Å². The lowest BCUT2D eigenvalue weighted by molar-refractivity contribution is -0.124. The van der Waals surface area contributed by atoms with E-state index in [2.05, 4.69) is 6.92 Å². The van der Waals surface area contributed by atoms with Crippen LogP contribution in [0.4, 0.5) is 0 Å². The average Bonchev–Trinajstić information content (AvgIpc) is 2.53. The normalized spacial score (nSPS) is 12.3. The standard InChI is InChI=1S/C19H30O2S/c1-3-4-5-6-7-8-9-10-18(20)19(21)15-22-17-13-11-16(2)12-14-17/h11-14,18,20H,3-10,15H2,1-2H3. The van der Waals surface area contributed by atoms with E-state index in [4.69, 9.17) is 0 Å². The maximum Gasteiger partial charge on any atom is 0.171 e. The molecule has 124 valence electrons. The molecule has 0 aliphatic carbocycles. The number of unbranched alkanes of at least 4 members (excludes halogenated alkanes) is 6. The van der Waals surface area contributed by atoms with Crippen LogP contribution in [0.15, 0.2) is 29.2 Å². The molecule has 0 amide bonds. The monoisotopic (exact) mass is 322 g/mol. The summed E-state index contributed by atoms with van der Waals surface area (Å²) in [6.45, 7) is 4.27. The fraction of sp³-hybridized carbons (Fsp3) is 0.632. The summed E-state index contributed by atoms with van der Waals surface area (Å²) in [7, 11) is 0. The first kappa shape index (κ1) is 19.2. The fourth-order valence-electron chi connectivity index (χ4n) is 2.34. The van der Waals surface area contributed by atoms with Crippen molar-refractivity contribution < 1.29 is 9.90 Å². The highest BCUT2D eigenvalue weighted by Crippen LogP contribution is 2.19. The number of thioether (sulfide) groups is 1. The van der Waals surface area contributed by atoms with Gasteiger partial charge in [0.1, 0.15) is 6.10 Å². The summed E-state index contributed by atoms with van der Waals surface area (Å²) < 4.78 is 0. The van der Waals surface area contributed by atoms with Gasteiger partial charge in [-0.1, -0.05) is 69.6 Å². The van der Waals surface area contributed by atoms with Crippen LogP contribution in [0.2, 0.25) is 0 Å². The Bertz CT molecular complexity index is 414. The molecule has 0 aliphatic rings. The molecule has 0 aromatic heterocycles. The third kappa shape index (κ3) is 8.60. The lowest BCUT2D eigenvalue weighted by Gasteiger charge is -2.09. The first-order valence-electron chi connectivity index (χ1n) is 8.53. The third-order valence-corrected chi connectivity index (χ3v) is 4.89. The minimum absolute atomic E-state index is 0.0449. The molecular formula is C19H30O2S. The maximum atomic E-state index is 11.9. The van der Waals surface area contributed by atoms with Crippen molar-refractivity contribution >= 4 is 17.5 Å². The topological polar surface area (TPSA) is 37.3 Å². The summed E-state index contributed by atoms with van der Waals surface area (Å²) in [6, 6.07) is 8.13. The van der Waals surface area contributed by atoms with Crippen molar-refractivity contribution in [2.45, 2.75) is 76.2 Å². The molecule has 0 spiro atoms. The van der Waals surface area contributed by atoms with Crippen LogP contribution in [-0.2, 0) is 4.79 Å². The molecule has 1 unspecified atom stereocenters. The zero-order valence-electron chi connectivity index (χ0n) is 14.0. The highest BCUT2D eigenvalue weighted by molar-refractivity contribution is 8.00. The Kier molecular flexibility index (Phi) is 10.3. The Morgan fingerprint density at radius 3 is 2.27 bits per heavy atom. The minimum atomic E-state index is -0.784. The number of aryl methyl sites for hydroxylation is 1. The Morgan fingerprint density at radius 1 is 1.05 bits per heavy atom. The second-order valence-corrected chi connectivity index (χ2v) is 7.04. The number of aliphatic hydroxyl groups excluding tert-OH is 1. The van der Waals surface area contributed by atoms with Crippen LogP contribution in [0.25, 0.3) is 0 Å². The van der Waals surface area contributed by atoms with E-state index in [1.165, 1.54) is 49.4 Å². The first-order valence-corrected chi connectivity index (χ1v) is 9.52. The minimum Gasteiger partial charge on any atom is -0.385 e. The summed E-state index contributed by atoms with van der Waals surface area (Å²) in [5, 5.41) is 9.92. The zero-order valence-corrected chi connectivity index (χ0v) is 14.8. The lowest BCUT2D eigenvalue weighted by Crippen LogP contribution is -2.22. The van der Waals surface area contributed by atoms with Crippen LogP contribution >= 0.6 is 11.8 Å². The van der Waals surface area contributed by atoms with E-state index in [1.54, 1.807) is 0 Å². The largest absolute Gasteiger partial charge is 0.385 e. The van der Waals surface area contributed by atoms with Crippen molar-refractivity contribution in [3.8, 4) is 0 Å². The van der Waals surface area contributed by atoms with Gasteiger partial charge in [0, 0.05) is 4.90 Å². The van der Waals surface area contributed by atoms with Gasteiger partial charge in [-0.25, -0.2) is 0 Å². The highest BCUT2D eigenvalue weighted by atomic mass is 32.2. The predicted molar refractivity (Wildman–Crippen MR) is 95.5 cm³/mol. The lowest BCUT2D eigenvalue weighted by atomic mass is 10.0. The Morgan fingerprint density at radius 2 is 1.64 bits per heavy atom. The summed E-state index contributed by atoms with van der Waals surface area (Å²) in [4.78, 5) is 13.0. The quantitative estimate of drug-likeness (QED) is 0.427. The molecule has 3 heteroatoms. The van der Waals surface area contributed by atoms with E-state index in [1.807, 2.05) is 31.2 Å². The summed E-state index contributed by atoms with van der Waals surface area (Å²) in [5.74, 6) is 0.317. The van der Waals surface area contributed by atoms with Crippen molar-refractivity contribution in [3.63, 3.8) is 0 Å². The number of carbonyl (C=O) groups excluding carboxylic acids is 1. The van der Waals surface area contributed by atoms with E-state index in [-0.39, 0.29) is 5.78 Å². The van der Waals surface area contributed by atoms with Gasteiger partial charge in [-0.15, -0.1) is 11.8 Å². The molecule has 0 saturated heterocycles. The van der Waals surface area contributed by atoms with Gasteiger partial charge in [0.15, 0.2) is 5.78 Å². The van der Waals surface area contributed by atoms with Crippen molar-refractivity contribution in [2.24, 2.45) is 0 Å². The van der Waals surface area contributed by atoms with Gasteiger partial charge in [0.2, 0.25) is 0 Å². The van der Waals surface area contributed by atoms with Crippen molar-refractivity contribution in [2.75, 3.05) is 5.75 Å². The zero-order chi connectivity index (χ0) is 16.2. The van der Waals surface area contributed by atoms with E-state index in [0.29, 0.717) is 12.2 Å². The van der Waals surface area contributed by atoms with Gasteiger partial charge in [-0.2, -0.15) is 0 Å². The SMILES string of the molecule is CCCCCCCCCC(O)C(=O)CSc1ccc(C)cc1. The number of Topliss-reactive ketones (excluding diaryl/α,β-unsaturated/α-hetero) is 1. The molecule has 22 heavy (non-hydrogen) atoms. The Hall–Kier alpha value is -0.800. The first-order chi connectivity index (χ1) is 10.6. The number of hydrogen-bond donors (Lipinski definition) is 1. The fourth-order valence-corrected chi connectivity index (χ4v) is 3.17. The summed E-state index contributed by atoms with van der Waals surface area (Å²) in [6.07, 6.45) is 8.30. The number of aliphatic hydroxyl groups is 1. The summed E-state index contributed by atoms with van der Waals surface area (Å²) >= 11 is 1.51. The van der Waals surface area contributed by atoms with Gasteiger partial charge in [-0.3, -0.25) is 4.79 Å². The molecule has 1 atom stereocenters. The second-order valence-electron chi connectivity index (χ2n) is 5.99. The van der Waals surface area contributed by atoms with Crippen LogP contribution in [0.5, 0.6) is 0 Å². The van der Waals surface area contributed by atoms with E-state index in [9.17, 15) is 9.90 Å². The molecule has 0 heterocycles. The molecule has 1 N–H and O–H groups in total. The number of ketones is 1. The molecule has 1 rings (SSSR count). The van der Waals surface area contributed by atoms with Crippen LogP contribution in [0, 0.1) is 6.92 Å². The molecule has 0 bridgehead atoms. The number of benzene rings is 1. The molecule has 1 aromatic rings. The smallest absolute Gasteiger partial charge is 0.171 e. The Balaban J connectivity index is 2.10. The number of carbonyl (C=O) groups is 1. The second kappa shape index (κ2) is 11.7. The van der Waals surface area contributed by atoms with Gasteiger partial charge >= 0.3 is 0 Å². The predicted octanol–water partition coefficient (Wildman–Crippen LogP) is 5.16. The molecule has 0 radical (unpaired) electrons. The molecule has 2 nitrogen and oxygen atoms in total. The van der Waals surface area contributed by atoms with Gasteiger partial charge in [0.05, 0.1) is 5.75 Å². The van der Waals surface area contributed by atoms with Crippen molar-refractivity contribution in [3.05, 3.63) is 29.8 Å². The highest BCUT2D eigenvalue weighted by Gasteiger charge is 2.14. The maximum absolute atomic E-state index is 11.9. The van der Waals surface area contributed by atoms with Crippen LogP contribution < -0.4 is 0 Å². The van der Waals surface area contributed by atoms with Crippen LogP contribution in [0.1, 0.15) is 63.9 Å². The number of rotatable bonds is 12. The van der Waals surface area contributed by atoms with Crippen molar-refractivity contribution in [1.82, 2.24) is 0 Å². The number of hydrogen-bond acceptors (Lipinski definition) is 3. The van der Waals surface area contributed by atoms with E-state index < -0.39 is 6.10 Å². The van der Waals surface area contributed by atoms with Gasteiger partial charge in [0.25, 0.3) is 0 Å². The third-order valence-electron chi connectivity index (χ3n) is 3.85. The van der Waals surface area contributed by atoms with Crippen molar-refractivity contribution in [1.29, 1.82) is 0 Å². The van der Waals surface area contributed by atoms with Gasteiger partial charge < -0.3 is 5.11 Å². The van der Waals surface area contributed by atoms with E-state index >= 15 is 0 Å². The molecule has 0 fully saturated rings. The Labute approximate surface area is 139 Å². The molecule has 1 aromatic carbocycles. The summed E-state index contributed by atoms with van der Waals surface area (Å²) in [5.41, 5.74) is 1.22. The molecular weight excluding hydrogens is 292 g/mol. The molecule has 0 saturated carbocycles. The van der Waals surface area contributed by atoms with E-state index in [0.717, 1.165) is 17.7 Å². The van der Waals surface area contributed by atoms with Crippen LogP contribution in [-0.4, -0.2) is 22.7 Å². The average molecular weight is 323 g/mol.